The molecule has 4 atom stereocenters. The fourth-order valence-corrected chi connectivity index (χ4v) is 5.36. The fraction of sp³-hybridized carbons (Fsp3) is 0.667. The summed E-state index contributed by atoms with van der Waals surface area (Å²) in [7, 11) is -2.46. The highest BCUT2D eigenvalue weighted by Crippen LogP contribution is 2.54. The average Bonchev–Trinajstić information content (AvgIpc) is 3.47. The quantitative estimate of drug-likeness (QED) is 0.151. The van der Waals surface area contributed by atoms with E-state index >= 15 is 0 Å². The number of nitrogens with two attached hydrogens (primary N) is 2. The Morgan fingerprint density at radius 1 is 1.19 bits per heavy atom. The summed E-state index contributed by atoms with van der Waals surface area (Å²) in [5, 5.41) is 2.65. The molecule has 2 aromatic rings. The van der Waals surface area contributed by atoms with E-state index < -0.39 is 43.2 Å². The van der Waals surface area contributed by atoms with Crippen LogP contribution in [0.1, 0.15) is 66.7 Å². The highest BCUT2D eigenvalue weighted by molar-refractivity contribution is 7.36. The Bertz CT molecular complexity index is 1350. The van der Waals surface area contributed by atoms with E-state index in [2.05, 4.69) is 33.9 Å². The molecule has 14 nitrogen and oxygen atoms in total. The Labute approximate surface area is 245 Å². The number of aromatic nitrogens is 4. The molecule has 1 fully saturated rings. The first-order chi connectivity index (χ1) is 19.9. The Morgan fingerprint density at radius 3 is 2.52 bits per heavy atom. The van der Waals surface area contributed by atoms with Gasteiger partial charge in [0.1, 0.15) is 31.6 Å². The lowest BCUT2D eigenvalue weighted by Crippen LogP contribution is -2.38. The van der Waals surface area contributed by atoms with Gasteiger partial charge in [-0.3, -0.25) is 23.9 Å². The number of rotatable bonds is 17. The zero-order chi connectivity index (χ0) is 31.0. The molecule has 0 aliphatic heterocycles. The monoisotopic (exact) mass is 608 g/mol. The van der Waals surface area contributed by atoms with Gasteiger partial charge in [0, 0.05) is 6.20 Å². The number of esters is 2. The summed E-state index contributed by atoms with van der Waals surface area (Å²) < 4.78 is 30.9. The van der Waals surface area contributed by atoms with Crippen LogP contribution in [-0.2, 0) is 28.2 Å². The minimum atomic E-state index is -2.46. The lowest BCUT2D eigenvalue weighted by molar-refractivity contribution is -0.148. The van der Waals surface area contributed by atoms with Crippen molar-refractivity contribution < 1.29 is 28.2 Å². The first-order valence-corrected chi connectivity index (χ1v) is 15.5. The third kappa shape index (κ3) is 8.66. The lowest BCUT2D eigenvalue weighted by Gasteiger charge is -2.18. The van der Waals surface area contributed by atoms with Gasteiger partial charge in [-0.25, -0.2) is 4.98 Å². The molecular weight excluding hydrogens is 565 g/mol. The number of nitrogens with one attached hydrogen (secondary N) is 2. The van der Waals surface area contributed by atoms with Crippen LogP contribution in [0.4, 0.5) is 5.95 Å². The topological polar surface area (TPSA) is 207 Å². The van der Waals surface area contributed by atoms with E-state index in [0.717, 1.165) is 31.3 Å². The summed E-state index contributed by atoms with van der Waals surface area (Å²) >= 11 is 0. The molecular formula is C27H43N7O7P+. The maximum Gasteiger partial charge on any atom is 0.613 e. The third-order valence-electron chi connectivity index (χ3n) is 7.28. The number of aromatic amines is 1. The van der Waals surface area contributed by atoms with Gasteiger partial charge in [-0.05, 0) is 48.2 Å². The molecule has 1 aliphatic rings. The molecule has 1 unspecified atom stereocenters. The number of hydrogen-bond donors (Lipinski definition) is 4. The van der Waals surface area contributed by atoms with E-state index in [9.17, 15) is 18.9 Å². The summed E-state index contributed by atoms with van der Waals surface area (Å²) in [6.45, 7) is 9.54. The van der Waals surface area contributed by atoms with Gasteiger partial charge in [0.2, 0.25) is 5.95 Å². The molecule has 0 amide bonds. The highest BCUT2D eigenvalue weighted by atomic mass is 31.1. The highest BCUT2D eigenvalue weighted by Gasteiger charge is 2.53. The molecule has 0 saturated heterocycles. The SMILES string of the molecule is CCCC(CCC)COC(=O)[C@H](C)N[P+](=O)OC[C@@]1(COC(=O)[C@H](N)C(C)C)C/C1=C/n1cnc2c(=O)[nH]c(N)nc21. The zero-order valence-corrected chi connectivity index (χ0v) is 25.8. The van der Waals surface area contributed by atoms with Crippen LogP contribution >= 0.6 is 8.18 Å². The van der Waals surface area contributed by atoms with Crippen LogP contribution in [0.25, 0.3) is 17.4 Å². The van der Waals surface area contributed by atoms with Crippen molar-refractivity contribution in [2.24, 2.45) is 23.0 Å². The van der Waals surface area contributed by atoms with Gasteiger partial charge in [-0.1, -0.05) is 45.6 Å². The number of carbonyl (C=O) groups excluding carboxylic acids is 2. The van der Waals surface area contributed by atoms with Crippen molar-refractivity contribution in [1.82, 2.24) is 24.6 Å². The number of H-pyrrole nitrogens is 1. The molecule has 232 valence electrons. The molecule has 0 bridgehead atoms. The molecule has 2 aromatic heterocycles. The molecule has 6 N–H and O–H groups in total. The van der Waals surface area contributed by atoms with Crippen molar-refractivity contribution in [1.29, 1.82) is 0 Å². The number of anilines is 1. The van der Waals surface area contributed by atoms with Gasteiger partial charge in [-0.15, -0.1) is 4.52 Å². The molecule has 15 heteroatoms. The van der Waals surface area contributed by atoms with Crippen molar-refractivity contribution in [3.05, 3.63) is 22.3 Å². The molecule has 0 aromatic carbocycles. The van der Waals surface area contributed by atoms with Crippen molar-refractivity contribution >= 4 is 43.4 Å². The van der Waals surface area contributed by atoms with E-state index in [1.54, 1.807) is 17.7 Å². The second kappa shape index (κ2) is 14.8. The Hall–Kier alpha value is -3.19. The van der Waals surface area contributed by atoms with Crippen molar-refractivity contribution in [3.63, 3.8) is 0 Å². The molecule has 42 heavy (non-hydrogen) atoms. The summed E-state index contributed by atoms with van der Waals surface area (Å²) in [4.78, 5) is 47.8. The third-order valence-corrected chi connectivity index (χ3v) is 8.24. The van der Waals surface area contributed by atoms with Crippen molar-refractivity contribution in [2.75, 3.05) is 25.6 Å². The van der Waals surface area contributed by atoms with E-state index in [1.807, 2.05) is 13.8 Å². The minimum Gasteiger partial charge on any atom is -0.464 e. The number of hydrogen-bond acceptors (Lipinski definition) is 11. The number of ether oxygens (including phenoxy) is 2. The van der Waals surface area contributed by atoms with Crippen LogP contribution in [-0.4, -0.2) is 63.4 Å². The van der Waals surface area contributed by atoms with Gasteiger partial charge in [-0.2, -0.15) is 4.98 Å². The number of fused-ring (bicyclic) bond motifs is 1. The predicted octanol–water partition coefficient (Wildman–Crippen LogP) is 2.87. The predicted molar refractivity (Wildman–Crippen MR) is 158 cm³/mol. The van der Waals surface area contributed by atoms with Gasteiger partial charge in [0.15, 0.2) is 11.2 Å². The van der Waals surface area contributed by atoms with E-state index in [0.29, 0.717) is 18.9 Å². The summed E-state index contributed by atoms with van der Waals surface area (Å²) in [6, 6.07) is -1.65. The lowest BCUT2D eigenvalue weighted by atomic mass is 9.99. The standard InChI is InChI=1S/C27H42N7O7P/c1-6-8-18(9-7-2)12-39-24(36)17(5)33-42(38)41-14-27(13-40-25(37)20(28)16(3)4)10-19(27)11-34-15-30-21-22(34)31-26(29)32-23(21)35/h11,15-18,20H,6-10,12-14,28H2,1-5H3,(H3-,29,31,32,33,35,38)/p+1/b19-11-/t17-,20+,27-/m0/s1. The van der Waals surface area contributed by atoms with Crippen LogP contribution in [0.2, 0.25) is 0 Å². The zero-order valence-electron chi connectivity index (χ0n) is 24.9. The number of imidazole rings is 1. The maximum absolute atomic E-state index is 12.8. The van der Waals surface area contributed by atoms with Gasteiger partial charge in [0.25, 0.3) is 5.56 Å². The van der Waals surface area contributed by atoms with E-state index in [1.165, 1.54) is 6.33 Å². The summed E-state index contributed by atoms with van der Waals surface area (Å²) in [6.07, 6.45) is 7.51. The summed E-state index contributed by atoms with van der Waals surface area (Å²) in [5.74, 6) is -0.953. The van der Waals surface area contributed by atoms with E-state index in [-0.39, 0.29) is 36.2 Å². The largest absolute Gasteiger partial charge is 0.613 e. The second-order valence-electron chi connectivity index (χ2n) is 11.2. The van der Waals surface area contributed by atoms with Crippen LogP contribution < -0.4 is 22.1 Å². The van der Waals surface area contributed by atoms with Gasteiger partial charge >= 0.3 is 20.1 Å². The number of nitrogen functional groups attached to an aromatic ring is 1. The van der Waals surface area contributed by atoms with Gasteiger partial charge < -0.3 is 20.9 Å². The number of nitrogens with zero attached hydrogens (tertiary/aromatic N) is 3. The van der Waals surface area contributed by atoms with E-state index in [4.69, 9.17) is 25.5 Å². The smallest absolute Gasteiger partial charge is 0.464 e. The molecule has 2 heterocycles. The van der Waals surface area contributed by atoms with Crippen LogP contribution in [0.5, 0.6) is 0 Å². The first-order valence-electron chi connectivity index (χ1n) is 14.3. The molecule has 0 spiro atoms. The first kappa shape index (κ1) is 33.3. The molecule has 0 radical (unpaired) electrons. The fourth-order valence-electron chi connectivity index (χ4n) is 4.50. The maximum atomic E-state index is 12.8. The molecule has 1 saturated carbocycles. The Balaban J connectivity index is 1.67. The second-order valence-corrected chi connectivity index (χ2v) is 12.2. The van der Waals surface area contributed by atoms with Crippen LogP contribution in [0.3, 0.4) is 0 Å². The number of carbonyl (C=O) groups is 2. The van der Waals surface area contributed by atoms with Gasteiger partial charge in [0.05, 0.1) is 12.0 Å². The average molecular weight is 609 g/mol. The van der Waals surface area contributed by atoms with Crippen molar-refractivity contribution in [2.45, 2.75) is 78.8 Å². The van der Waals surface area contributed by atoms with Crippen molar-refractivity contribution in [3.8, 4) is 0 Å². The normalized spacial score (nSPS) is 19.3. The Kier molecular flexibility index (Phi) is 11.7. The Morgan fingerprint density at radius 2 is 1.88 bits per heavy atom. The molecule has 1 aliphatic carbocycles. The van der Waals surface area contributed by atoms with Crippen LogP contribution in [0.15, 0.2) is 16.7 Å². The van der Waals surface area contributed by atoms with Crippen LogP contribution in [0, 0.1) is 17.3 Å². The molecule has 3 rings (SSSR count). The summed E-state index contributed by atoms with van der Waals surface area (Å²) in [5.41, 5.74) is 11.5. The minimum absolute atomic E-state index is 0.0587.